The number of nitriles is 1. The zero-order valence-corrected chi connectivity index (χ0v) is 11.8. The Labute approximate surface area is 123 Å². The number of hydrogen-bond donors (Lipinski definition) is 2. The third-order valence-corrected chi connectivity index (χ3v) is 3.98. The fraction of sp³-hybridized carbons (Fsp3) is 0.533. The van der Waals surface area contributed by atoms with Gasteiger partial charge >= 0.3 is 5.69 Å². The number of nitrogens with one attached hydrogen (secondary N) is 2. The van der Waals surface area contributed by atoms with Crippen LogP contribution in [0.25, 0.3) is 0 Å². The molecule has 0 atom stereocenters. The predicted molar refractivity (Wildman–Crippen MR) is 80.2 cm³/mol. The molecule has 2 aliphatic rings. The maximum atomic E-state index is 11.2. The summed E-state index contributed by atoms with van der Waals surface area (Å²) < 4.78 is 0. The maximum absolute atomic E-state index is 11.2. The molecule has 0 unspecified atom stereocenters. The Kier molecular flexibility index (Phi) is 3.65. The lowest BCUT2D eigenvalue weighted by molar-refractivity contribution is -0.384. The van der Waals surface area contributed by atoms with Gasteiger partial charge in [-0.1, -0.05) is 0 Å². The normalized spacial score (nSPS) is 17.1. The van der Waals surface area contributed by atoms with Crippen molar-refractivity contribution in [2.24, 2.45) is 11.8 Å². The van der Waals surface area contributed by atoms with Gasteiger partial charge in [0, 0.05) is 18.8 Å². The Balaban J connectivity index is 1.84. The van der Waals surface area contributed by atoms with Gasteiger partial charge in [0.1, 0.15) is 17.3 Å². The van der Waals surface area contributed by atoms with Crippen molar-refractivity contribution in [1.29, 1.82) is 5.26 Å². The molecule has 0 aromatic heterocycles. The van der Waals surface area contributed by atoms with E-state index in [2.05, 4.69) is 10.6 Å². The summed E-state index contributed by atoms with van der Waals surface area (Å²) >= 11 is 0. The highest BCUT2D eigenvalue weighted by molar-refractivity contribution is 5.74. The van der Waals surface area contributed by atoms with E-state index in [1.165, 1.54) is 25.7 Å². The molecule has 2 aliphatic carbocycles. The average molecular weight is 286 g/mol. The van der Waals surface area contributed by atoms with Gasteiger partial charge in [0.05, 0.1) is 4.92 Å². The molecule has 1 aromatic rings. The summed E-state index contributed by atoms with van der Waals surface area (Å²) in [6.45, 7) is 1.60. The van der Waals surface area contributed by atoms with Crippen LogP contribution in [0, 0.1) is 33.3 Å². The Morgan fingerprint density at radius 3 is 2.33 bits per heavy atom. The van der Waals surface area contributed by atoms with Crippen LogP contribution in [-0.4, -0.2) is 18.0 Å². The van der Waals surface area contributed by atoms with E-state index in [4.69, 9.17) is 0 Å². The van der Waals surface area contributed by atoms with E-state index in [9.17, 15) is 15.4 Å². The van der Waals surface area contributed by atoms with Crippen molar-refractivity contribution in [2.75, 3.05) is 23.7 Å². The zero-order chi connectivity index (χ0) is 14.8. The van der Waals surface area contributed by atoms with E-state index in [1.807, 2.05) is 6.07 Å². The second kappa shape index (κ2) is 5.60. The van der Waals surface area contributed by atoms with Gasteiger partial charge in [-0.25, -0.2) is 0 Å². The van der Waals surface area contributed by atoms with E-state index in [0.29, 0.717) is 17.5 Å². The monoisotopic (exact) mass is 286 g/mol. The summed E-state index contributed by atoms with van der Waals surface area (Å²) in [5, 5.41) is 26.8. The molecule has 3 rings (SSSR count). The summed E-state index contributed by atoms with van der Waals surface area (Å²) in [6.07, 6.45) is 4.81. The van der Waals surface area contributed by atoms with Crippen molar-refractivity contribution in [3.63, 3.8) is 0 Å². The molecule has 2 N–H and O–H groups in total. The molecule has 0 saturated heterocycles. The summed E-state index contributed by atoms with van der Waals surface area (Å²) in [7, 11) is 0. The average Bonchev–Trinajstić information content (AvgIpc) is 3.36. The van der Waals surface area contributed by atoms with Crippen molar-refractivity contribution in [2.45, 2.75) is 25.7 Å². The number of hydrogen-bond acceptors (Lipinski definition) is 5. The second-order valence-electron chi connectivity index (χ2n) is 5.94. The molecule has 0 radical (unpaired) electrons. The highest BCUT2D eigenvalue weighted by Crippen LogP contribution is 2.35. The van der Waals surface area contributed by atoms with Crippen LogP contribution in [0.2, 0.25) is 0 Å². The molecule has 0 aliphatic heterocycles. The number of benzene rings is 1. The molecule has 6 heteroatoms. The topological polar surface area (TPSA) is 91.0 Å². The lowest BCUT2D eigenvalue weighted by Crippen LogP contribution is -2.09. The maximum Gasteiger partial charge on any atom is 0.310 e. The van der Waals surface area contributed by atoms with Crippen molar-refractivity contribution in [1.82, 2.24) is 0 Å². The van der Waals surface area contributed by atoms with Gasteiger partial charge in [-0.15, -0.1) is 0 Å². The molecule has 110 valence electrons. The number of anilines is 2. The zero-order valence-electron chi connectivity index (χ0n) is 11.8. The van der Waals surface area contributed by atoms with Gasteiger partial charge in [0.15, 0.2) is 0 Å². The van der Waals surface area contributed by atoms with E-state index in [-0.39, 0.29) is 11.3 Å². The standard InChI is InChI=1S/C15H18N4O2/c16-7-12-5-13(17-8-10-1-2-10)6-14(15(12)19(20)21)18-9-11-3-4-11/h5-6,10-11,17-18H,1-4,8-9H2. The minimum atomic E-state index is -0.474. The first-order valence-electron chi connectivity index (χ1n) is 7.37. The van der Waals surface area contributed by atoms with Crippen molar-refractivity contribution in [3.05, 3.63) is 27.8 Å². The molecule has 0 bridgehead atoms. The van der Waals surface area contributed by atoms with Crippen LogP contribution < -0.4 is 10.6 Å². The third kappa shape index (κ3) is 3.43. The molecular weight excluding hydrogens is 268 g/mol. The summed E-state index contributed by atoms with van der Waals surface area (Å²) in [5.74, 6) is 1.31. The number of nitro groups is 1. The molecule has 2 saturated carbocycles. The van der Waals surface area contributed by atoms with Gasteiger partial charge < -0.3 is 10.6 Å². The van der Waals surface area contributed by atoms with Crippen LogP contribution in [0.3, 0.4) is 0 Å². The molecule has 0 amide bonds. The van der Waals surface area contributed by atoms with E-state index in [0.717, 1.165) is 18.8 Å². The number of nitrogens with zero attached hydrogens (tertiary/aromatic N) is 2. The van der Waals surface area contributed by atoms with Gasteiger partial charge in [0.2, 0.25) is 0 Å². The fourth-order valence-corrected chi connectivity index (χ4v) is 2.31. The highest BCUT2D eigenvalue weighted by atomic mass is 16.6. The van der Waals surface area contributed by atoms with Gasteiger partial charge in [-0.05, 0) is 49.7 Å². The second-order valence-corrected chi connectivity index (χ2v) is 5.94. The molecule has 2 fully saturated rings. The van der Waals surface area contributed by atoms with E-state index < -0.39 is 4.92 Å². The van der Waals surface area contributed by atoms with Crippen LogP contribution in [0.1, 0.15) is 31.2 Å². The first kappa shape index (κ1) is 13.7. The van der Waals surface area contributed by atoms with Crippen molar-refractivity contribution < 1.29 is 4.92 Å². The van der Waals surface area contributed by atoms with Gasteiger partial charge in [-0.3, -0.25) is 10.1 Å². The quantitative estimate of drug-likeness (QED) is 0.593. The molecule has 6 nitrogen and oxygen atoms in total. The van der Waals surface area contributed by atoms with Gasteiger partial charge in [0.25, 0.3) is 0 Å². The van der Waals surface area contributed by atoms with E-state index in [1.54, 1.807) is 12.1 Å². The summed E-state index contributed by atoms with van der Waals surface area (Å²) in [5.41, 5.74) is 1.22. The lowest BCUT2D eigenvalue weighted by atomic mass is 10.1. The predicted octanol–water partition coefficient (Wildman–Crippen LogP) is 3.11. The Bertz CT molecular complexity index is 600. The first-order valence-corrected chi connectivity index (χ1v) is 7.37. The van der Waals surface area contributed by atoms with E-state index >= 15 is 0 Å². The first-order chi connectivity index (χ1) is 10.2. The largest absolute Gasteiger partial charge is 0.385 e. The molecule has 1 aromatic carbocycles. The SMILES string of the molecule is N#Cc1cc(NCC2CC2)cc(NCC2CC2)c1[N+](=O)[O-]. The molecule has 0 spiro atoms. The van der Waals surface area contributed by atoms with Crippen LogP contribution >= 0.6 is 0 Å². The fourth-order valence-electron chi connectivity index (χ4n) is 2.31. The van der Waals surface area contributed by atoms with Crippen LogP contribution in [0.4, 0.5) is 17.1 Å². The lowest BCUT2D eigenvalue weighted by Gasteiger charge is -2.11. The van der Waals surface area contributed by atoms with Gasteiger partial charge in [-0.2, -0.15) is 5.26 Å². The molecule has 21 heavy (non-hydrogen) atoms. The minimum Gasteiger partial charge on any atom is -0.385 e. The van der Waals surface area contributed by atoms with Crippen molar-refractivity contribution >= 4 is 17.1 Å². The highest BCUT2D eigenvalue weighted by Gasteiger charge is 2.26. The molecular formula is C15H18N4O2. The van der Waals surface area contributed by atoms with Crippen LogP contribution in [0.15, 0.2) is 12.1 Å². The number of nitro benzene ring substituents is 1. The Morgan fingerprint density at radius 1 is 1.19 bits per heavy atom. The Hall–Kier alpha value is -2.29. The Morgan fingerprint density at radius 2 is 1.81 bits per heavy atom. The minimum absolute atomic E-state index is 0.110. The van der Waals surface area contributed by atoms with Crippen LogP contribution in [-0.2, 0) is 0 Å². The molecule has 0 heterocycles. The van der Waals surface area contributed by atoms with Crippen LogP contribution in [0.5, 0.6) is 0 Å². The number of rotatable bonds is 7. The summed E-state index contributed by atoms with van der Waals surface area (Å²) in [6, 6.07) is 5.27. The third-order valence-electron chi connectivity index (χ3n) is 3.98. The summed E-state index contributed by atoms with van der Waals surface area (Å²) in [4.78, 5) is 10.8. The van der Waals surface area contributed by atoms with Crippen molar-refractivity contribution in [3.8, 4) is 6.07 Å². The smallest absolute Gasteiger partial charge is 0.310 e.